The summed E-state index contributed by atoms with van der Waals surface area (Å²) in [6.07, 6.45) is 23.9. The number of nitrogens with one attached hydrogen (secondary N) is 1. The smallest absolute Gasteiger partial charge is 0.306 e. The number of carbonyl (C=O) groups is 1. The quantitative estimate of drug-likeness (QED) is 0.115. The SMILES string of the molecule is CCCCCCCCC(CCCCCCCC)OC(=O)CCCCCCCNCCO. The van der Waals surface area contributed by atoms with Gasteiger partial charge in [-0.1, -0.05) is 97.3 Å². The molecular formula is C27H55NO3. The maximum absolute atomic E-state index is 12.4. The van der Waals surface area contributed by atoms with Gasteiger partial charge in [0.05, 0.1) is 6.61 Å². The minimum atomic E-state index is 0.0200. The minimum Gasteiger partial charge on any atom is -0.462 e. The third-order valence-corrected chi connectivity index (χ3v) is 6.08. The summed E-state index contributed by atoms with van der Waals surface area (Å²) >= 11 is 0. The second kappa shape index (κ2) is 25.6. The van der Waals surface area contributed by atoms with Crippen LogP contribution in [-0.2, 0) is 9.53 Å². The van der Waals surface area contributed by atoms with Gasteiger partial charge in [0.25, 0.3) is 0 Å². The van der Waals surface area contributed by atoms with Crippen LogP contribution in [0.2, 0.25) is 0 Å². The largest absolute Gasteiger partial charge is 0.462 e. The van der Waals surface area contributed by atoms with Crippen molar-refractivity contribution in [3.8, 4) is 0 Å². The van der Waals surface area contributed by atoms with E-state index >= 15 is 0 Å². The molecule has 0 unspecified atom stereocenters. The molecule has 0 aliphatic heterocycles. The van der Waals surface area contributed by atoms with Gasteiger partial charge in [0.1, 0.15) is 6.10 Å². The van der Waals surface area contributed by atoms with Crippen LogP contribution in [-0.4, -0.2) is 36.9 Å². The molecule has 0 rings (SSSR count). The number of hydrogen-bond donors (Lipinski definition) is 2. The fourth-order valence-corrected chi connectivity index (χ4v) is 4.07. The van der Waals surface area contributed by atoms with E-state index in [1.165, 1.54) is 89.9 Å². The Bertz CT molecular complexity index is 346. The highest BCUT2D eigenvalue weighted by Gasteiger charge is 2.14. The minimum absolute atomic E-state index is 0.0200. The lowest BCUT2D eigenvalue weighted by atomic mass is 10.0. The van der Waals surface area contributed by atoms with E-state index in [-0.39, 0.29) is 18.7 Å². The van der Waals surface area contributed by atoms with Crippen molar-refractivity contribution >= 4 is 5.97 Å². The molecule has 31 heavy (non-hydrogen) atoms. The molecule has 2 N–H and O–H groups in total. The van der Waals surface area contributed by atoms with Crippen LogP contribution in [0.15, 0.2) is 0 Å². The Morgan fingerprint density at radius 1 is 0.677 bits per heavy atom. The standard InChI is InChI=1S/C27H55NO3/c1-3-5-7-9-12-16-20-26(21-17-13-10-8-6-4-2)31-27(30)22-18-14-11-15-19-23-28-24-25-29/h26,28-29H,3-25H2,1-2H3. The summed E-state index contributed by atoms with van der Waals surface area (Å²) in [6.45, 7) is 6.38. The van der Waals surface area contributed by atoms with E-state index in [9.17, 15) is 4.79 Å². The molecule has 4 nitrogen and oxygen atoms in total. The van der Waals surface area contributed by atoms with Gasteiger partial charge in [-0.25, -0.2) is 0 Å². The van der Waals surface area contributed by atoms with Crippen LogP contribution < -0.4 is 5.32 Å². The van der Waals surface area contributed by atoms with Crippen LogP contribution in [0.3, 0.4) is 0 Å². The third kappa shape index (κ3) is 23.9. The zero-order chi connectivity index (χ0) is 22.8. The van der Waals surface area contributed by atoms with Gasteiger partial charge in [0.15, 0.2) is 0 Å². The molecule has 0 aromatic carbocycles. The van der Waals surface area contributed by atoms with Crippen LogP contribution >= 0.6 is 0 Å². The molecule has 0 aromatic heterocycles. The zero-order valence-corrected chi connectivity index (χ0v) is 21.1. The second-order valence-electron chi connectivity index (χ2n) is 9.22. The van der Waals surface area contributed by atoms with Gasteiger partial charge in [-0.2, -0.15) is 0 Å². The summed E-state index contributed by atoms with van der Waals surface area (Å²) in [6, 6.07) is 0. The molecule has 0 bridgehead atoms. The third-order valence-electron chi connectivity index (χ3n) is 6.08. The number of esters is 1. The van der Waals surface area contributed by atoms with Crippen molar-refractivity contribution in [2.75, 3.05) is 19.7 Å². The average Bonchev–Trinajstić information content (AvgIpc) is 2.77. The molecular weight excluding hydrogens is 386 g/mol. The summed E-state index contributed by atoms with van der Waals surface area (Å²) in [7, 11) is 0. The first-order valence-electron chi connectivity index (χ1n) is 13.8. The maximum Gasteiger partial charge on any atom is 0.306 e. The Morgan fingerprint density at radius 2 is 1.16 bits per heavy atom. The van der Waals surface area contributed by atoms with Gasteiger partial charge in [0.2, 0.25) is 0 Å². The molecule has 0 aliphatic carbocycles. The van der Waals surface area contributed by atoms with Crippen molar-refractivity contribution in [2.45, 2.75) is 148 Å². The Hall–Kier alpha value is -0.610. The lowest BCUT2D eigenvalue weighted by Gasteiger charge is -2.18. The normalized spacial score (nSPS) is 11.4. The number of ether oxygens (including phenoxy) is 1. The van der Waals surface area contributed by atoms with Crippen LogP contribution in [0.5, 0.6) is 0 Å². The number of carbonyl (C=O) groups excluding carboxylic acids is 1. The topological polar surface area (TPSA) is 58.6 Å². The van der Waals surface area contributed by atoms with Crippen LogP contribution in [0.4, 0.5) is 0 Å². The monoisotopic (exact) mass is 441 g/mol. The maximum atomic E-state index is 12.4. The number of unbranched alkanes of at least 4 members (excludes halogenated alkanes) is 14. The average molecular weight is 442 g/mol. The zero-order valence-electron chi connectivity index (χ0n) is 21.1. The first kappa shape index (κ1) is 30.4. The van der Waals surface area contributed by atoms with Gasteiger partial charge in [-0.3, -0.25) is 4.79 Å². The number of aliphatic hydroxyl groups excluding tert-OH is 1. The number of hydrogen-bond acceptors (Lipinski definition) is 4. The Morgan fingerprint density at radius 3 is 1.71 bits per heavy atom. The molecule has 0 aliphatic rings. The summed E-state index contributed by atoms with van der Waals surface area (Å²) in [5, 5.41) is 11.9. The van der Waals surface area contributed by atoms with Crippen LogP contribution in [0, 0.1) is 0 Å². The van der Waals surface area contributed by atoms with Gasteiger partial charge in [0, 0.05) is 13.0 Å². The van der Waals surface area contributed by atoms with Crippen LogP contribution in [0.1, 0.15) is 142 Å². The van der Waals surface area contributed by atoms with Crippen molar-refractivity contribution in [1.29, 1.82) is 0 Å². The molecule has 4 heteroatoms. The summed E-state index contributed by atoms with van der Waals surface area (Å²) < 4.78 is 5.91. The predicted molar refractivity (Wildman–Crippen MR) is 134 cm³/mol. The van der Waals surface area contributed by atoms with Crippen molar-refractivity contribution in [1.82, 2.24) is 5.32 Å². The lowest BCUT2D eigenvalue weighted by Crippen LogP contribution is -2.19. The molecule has 0 saturated carbocycles. The van der Waals surface area contributed by atoms with E-state index < -0.39 is 0 Å². The molecule has 0 radical (unpaired) electrons. The molecule has 0 spiro atoms. The Balaban J connectivity index is 3.94. The van der Waals surface area contributed by atoms with Crippen LogP contribution in [0.25, 0.3) is 0 Å². The summed E-state index contributed by atoms with van der Waals surface area (Å²) in [5.74, 6) is 0.0200. The highest BCUT2D eigenvalue weighted by molar-refractivity contribution is 5.69. The molecule has 0 aromatic rings. The fourth-order valence-electron chi connectivity index (χ4n) is 4.07. The Labute approximate surface area is 194 Å². The molecule has 0 atom stereocenters. The number of rotatable bonds is 25. The molecule has 0 fully saturated rings. The number of aliphatic hydroxyl groups is 1. The van der Waals surface area contributed by atoms with E-state index in [0.717, 1.165) is 38.6 Å². The molecule has 0 amide bonds. The van der Waals surface area contributed by atoms with E-state index in [1.807, 2.05) is 0 Å². The fraction of sp³-hybridized carbons (Fsp3) is 0.963. The Kier molecular flexibility index (Phi) is 25.1. The van der Waals surface area contributed by atoms with E-state index in [1.54, 1.807) is 0 Å². The second-order valence-corrected chi connectivity index (χ2v) is 9.22. The van der Waals surface area contributed by atoms with Gasteiger partial charge < -0.3 is 15.2 Å². The highest BCUT2D eigenvalue weighted by Crippen LogP contribution is 2.18. The predicted octanol–water partition coefficient (Wildman–Crippen LogP) is 7.32. The van der Waals surface area contributed by atoms with Crippen molar-refractivity contribution in [3.05, 3.63) is 0 Å². The van der Waals surface area contributed by atoms with Gasteiger partial charge in [-0.05, 0) is 45.1 Å². The van der Waals surface area contributed by atoms with Crippen molar-refractivity contribution < 1.29 is 14.6 Å². The summed E-state index contributed by atoms with van der Waals surface area (Å²) in [4.78, 5) is 12.4. The molecule has 0 heterocycles. The van der Waals surface area contributed by atoms with E-state index in [2.05, 4.69) is 19.2 Å². The summed E-state index contributed by atoms with van der Waals surface area (Å²) in [5.41, 5.74) is 0. The van der Waals surface area contributed by atoms with Gasteiger partial charge in [-0.15, -0.1) is 0 Å². The highest BCUT2D eigenvalue weighted by atomic mass is 16.5. The lowest BCUT2D eigenvalue weighted by molar-refractivity contribution is -0.150. The molecule has 186 valence electrons. The molecule has 0 saturated heterocycles. The van der Waals surface area contributed by atoms with E-state index in [4.69, 9.17) is 9.84 Å². The van der Waals surface area contributed by atoms with Crippen molar-refractivity contribution in [2.24, 2.45) is 0 Å². The van der Waals surface area contributed by atoms with Crippen molar-refractivity contribution in [3.63, 3.8) is 0 Å². The van der Waals surface area contributed by atoms with Gasteiger partial charge >= 0.3 is 5.97 Å². The first-order chi connectivity index (χ1) is 15.2. The first-order valence-corrected chi connectivity index (χ1v) is 13.8. The van der Waals surface area contributed by atoms with E-state index in [0.29, 0.717) is 13.0 Å².